The number of carbonyl (C=O) groups excluding carboxylic acids is 2. The van der Waals surface area contributed by atoms with Gasteiger partial charge < -0.3 is 78.6 Å². The van der Waals surface area contributed by atoms with Gasteiger partial charge in [0.25, 0.3) is 0 Å². The third-order valence-electron chi connectivity index (χ3n) is 13.0. The molecule has 0 aliphatic heterocycles. The number of aromatic nitrogens is 10. The average molecular weight is 1740 g/mol. The number of rotatable bonds is 24. The summed E-state index contributed by atoms with van der Waals surface area (Å²) in [7, 11) is -31.5. The van der Waals surface area contributed by atoms with E-state index >= 15 is 0 Å². The predicted molar refractivity (Wildman–Crippen MR) is 333 cm³/mol. The maximum Gasteiger partial charge on any atom is 1.00 e. The molecule has 6 aromatic carbocycles. The quantitative estimate of drug-likeness (QED) is 0.0142. The number of aromatic hydroxyl groups is 2. The first-order valence-corrected chi connectivity index (χ1v) is 35.8. The molecule has 0 spiro atoms. The normalized spacial score (nSPS) is 11.6. The number of nitrogens with zero attached hydrogens (tertiary/aromatic N) is 14. The Labute approximate surface area is 807 Å². The van der Waals surface area contributed by atoms with E-state index in [1.165, 1.54) is 12.1 Å². The van der Waals surface area contributed by atoms with Crippen LogP contribution in [0, 0.1) is 0 Å². The average Bonchev–Trinajstić information content (AvgIpc) is 1.75. The van der Waals surface area contributed by atoms with E-state index in [-0.39, 0.29) is 282 Å². The van der Waals surface area contributed by atoms with E-state index in [0.29, 0.717) is 9.36 Å². The molecule has 528 valence electrons. The minimum atomic E-state index is -5.44. The third-order valence-corrected chi connectivity index (χ3v) is 18.6. The van der Waals surface area contributed by atoms with Crippen LogP contribution >= 0.6 is 23.2 Å². The molecule has 0 amide bonds. The van der Waals surface area contributed by atoms with Gasteiger partial charge in [-0.15, -0.1) is 20.5 Å². The Morgan fingerprint density at radius 2 is 0.645 bits per heavy atom. The molecule has 4 aromatic heterocycles. The minimum absolute atomic E-state index is 0. The van der Waals surface area contributed by atoms with Crippen LogP contribution in [-0.4, -0.2) is 149 Å². The minimum Gasteiger partial charge on any atom is -0.744 e. The fraction of sp³-hybridized carbons (Fsp3) is 0. The van der Waals surface area contributed by atoms with Gasteiger partial charge in [0.1, 0.15) is 83.5 Å². The SMILES string of the molecule is O=C([O-])c1nn(-c2ccc(S(=O)(=O)[O-])cc2)c(O)c1N=Nc1cc(Nc2nc(Cl)nc(Nc3ccc(C=Cc4ccc(Nc5nc(Cl)nc(Nc6ccc(S(=O)(=O)[O-])c(N=Nc7c(C(=O)[O-])nn(-c8ccc(S(=O)(=O)[O-])cc8)c7O)c6)n5)cc4S(=O)(=O)[O-])c(S(=O)(=O)[O-])c3)n2)ccc1S(=O)(=O)[O-].[Na+].[Na+].[Na+].[Na+].[Na+].[Na+].[Na+].[Na+]. The van der Waals surface area contributed by atoms with Crippen molar-refractivity contribution in [3.8, 4) is 23.1 Å². The van der Waals surface area contributed by atoms with E-state index in [2.05, 4.69) is 81.8 Å². The summed E-state index contributed by atoms with van der Waals surface area (Å²) >= 11 is 12.3. The monoisotopic (exact) mass is 1730 g/mol. The molecular formula is C52H28Cl2N18Na8O24S6. The standard InChI is InChI=1S/C52H36Cl2N18O24S6.8Na/c53-47-59-49(55-25-7-17-35(99(85,86)87)33(19-25)65-67-39-41(45(75)76)69-71(43(39)73)29-9-13-31(14-10-29)97(79,80)81)63-51(61-47)57-27-5-3-23(37(21-27)101(91,92)93)1-2-24-4-6-28(22-38(24)102(94,95)96)58-52-62-48(54)60-50(64-52)56-26-8-18-36(100(88,89)90)34(20-26)66-68-40-42(46(77)78)70-72(44(40)74)30-11-15-32(16-12-30)98(82,83)84;;;;;;;;/h1-22,73-74H,(H,75,76)(H,77,78)(H,79,80,81)(H,82,83,84)(H,85,86,87)(H,88,89,90)(H,91,92,93)(H,94,95,96)(H2,55,57,59,61,63)(H2,56,58,60,62,64);;;;;;;;/q;8*+1/p-8. The van der Waals surface area contributed by atoms with Gasteiger partial charge in [0.15, 0.2) is 11.4 Å². The van der Waals surface area contributed by atoms with Crippen molar-refractivity contribution in [2.24, 2.45) is 20.5 Å². The van der Waals surface area contributed by atoms with Crippen LogP contribution in [-0.2, 0) is 60.7 Å². The van der Waals surface area contributed by atoms with Crippen molar-refractivity contribution in [3.63, 3.8) is 0 Å². The molecular weight excluding hydrogens is 1710 g/mol. The molecule has 0 bridgehead atoms. The first kappa shape index (κ1) is 103. The summed E-state index contributed by atoms with van der Waals surface area (Å²) in [6, 6.07) is 18.2. The zero-order chi connectivity index (χ0) is 74.3. The van der Waals surface area contributed by atoms with Gasteiger partial charge in [0.2, 0.25) is 46.1 Å². The zero-order valence-electron chi connectivity index (χ0n) is 57.0. The summed E-state index contributed by atoms with van der Waals surface area (Å²) in [5.74, 6) is -8.14. The van der Waals surface area contributed by atoms with Gasteiger partial charge >= 0.3 is 236 Å². The molecule has 0 atom stereocenters. The van der Waals surface area contributed by atoms with Crippen LogP contribution in [0.3, 0.4) is 0 Å². The Hall–Kier alpha value is -3.52. The molecule has 4 heterocycles. The van der Waals surface area contributed by atoms with Gasteiger partial charge in [0, 0.05) is 22.7 Å². The molecule has 0 aliphatic carbocycles. The van der Waals surface area contributed by atoms with Crippen molar-refractivity contribution in [2.45, 2.75) is 29.4 Å². The van der Waals surface area contributed by atoms with Crippen molar-refractivity contribution in [2.75, 3.05) is 21.3 Å². The summed E-state index contributed by atoms with van der Waals surface area (Å²) in [6.07, 6.45) is 1.90. The molecule has 110 heavy (non-hydrogen) atoms. The van der Waals surface area contributed by atoms with Gasteiger partial charge in [-0.05, 0) is 144 Å². The second-order valence-corrected chi connectivity index (χ2v) is 28.6. The topological polar surface area (TPSA) is 674 Å². The molecule has 0 fully saturated rings. The largest absolute Gasteiger partial charge is 1.00 e. The fourth-order valence-electron chi connectivity index (χ4n) is 8.66. The number of carbonyl (C=O) groups is 2. The number of azo groups is 2. The third kappa shape index (κ3) is 26.0. The van der Waals surface area contributed by atoms with Crippen LogP contribution in [0.25, 0.3) is 23.5 Å². The molecule has 0 radical (unpaired) electrons. The first-order valence-electron chi connectivity index (χ1n) is 26.6. The summed E-state index contributed by atoms with van der Waals surface area (Å²) in [5, 5.41) is 76.8. The maximum absolute atomic E-state index is 12.7. The molecule has 0 unspecified atom stereocenters. The Morgan fingerprint density at radius 3 is 0.909 bits per heavy atom. The molecule has 6 N–H and O–H groups in total. The van der Waals surface area contributed by atoms with Crippen LogP contribution < -0.4 is 268 Å². The molecule has 0 saturated heterocycles. The van der Waals surface area contributed by atoms with Crippen molar-refractivity contribution < 1.29 is 344 Å². The molecule has 10 rings (SSSR count). The zero-order valence-corrected chi connectivity index (χ0v) is 79.5. The number of halogens is 2. The maximum atomic E-state index is 12.7. The number of hydrogen-bond donors (Lipinski definition) is 6. The van der Waals surface area contributed by atoms with E-state index in [4.69, 9.17) is 23.2 Å². The van der Waals surface area contributed by atoms with Crippen LogP contribution in [0.1, 0.15) is 32.1 Å². The van der Waals surface area contributed by atoms with Crippen molar-refractivity contribution in [1.82, 2.24) is 49.5 Å². The summed E-state index contributed by atoms with van der Waals surface area (Å²) in [4.78, 5) is 42.4. The van der Waals surface area contributed by atoms with E-state index in [1.807, 2.05) is 0 Å². The van der Waals surface area contributed by atoms with E-state index in [0.717, 1.165) is 121 Å². The molecule has 58 heteroatoms. The van der Waals surface area contributed by atoms with E-state index in [9.17, 15) is 108 Å². The van der Waals surface area contributed by atoms with Gasteiger partial charge in [0.05, 0.1) is 52.7 Å². The first-order chi connectivity index (χ1) is 47.6. The fourth-order valence-corrected chi connectivity index (χ4v) is 12.5. The number of anilines is 8. The van der Waals surface area contributed by atoms with Gasteiger partial charge in [-0.1, -0.05) is 24.3 Å². The second kappa shape index (κ2) is 41.5. The predicted octanol–water partition coefficient (Wildman–Crippen LogP) is -20.7. The van der Waals surface area contributed by atoms with Crippen LogP contribution in [0.4, 0.5) is 69.3 Å². The molecule has 42 nitrogen and oxygen atoms in total. The van der Waals surface area contributed by atoms with Crippen LogP contribution in [0.15, 0.2) is 171 Å². The second-order valence-electron chi connectivity index (χ2n) is 19.8. The number of carboxylic acids is 2. The van der Waals surface area contributed by atoms with Gasteiger partial charge in [-0.2, -0.15) is 49.5 Å². The summed E-state index contributed by atoms with van der Waals surface area (Å²) in [5.41, 5.74) is -7.75. The Kier molecular flexibility index (Phi) is 38.7. The smallest absolute Gasteiger partial charge is 0.744 e. The van der Waals surface area contributed by atoms with Gasteiger partial charge in [-0.3, -0.25) is 0 Å². The molecule has 0 aliphatic rings. The number of carboxylic acid groups (broad SMARTS) is 2. The van der Waals surface area contributed by atoms with E-state index in [1.54, 1.807) is 0 Å². The molecule has 0 saturated carbocycles. The Balaban J connectivity index is 0.00000513. The van der Waals surface area contributed by atoms with E-state index < -0.39 is 182 Å². The van der Waals surface area contributed by atoms with Crippen LogP contribution in [0.2, 0.25) is 10.6 Å². The van der Waals surface area contributed by atoms with Crippen LogP contribution in [0.5, 0.6) is 11.8 Å². The Bertz CT molecular complexity index is 5650. The van der Waals surface area contributed by atoms with Crippen molar-refractivity contribution in [3.05, 3.63) is 154 Å². The van der Waals surface area contributed by atoms with Crippen molar-refractivity contribution >= 4 is 177 Å². The summed E-state index contributed by atoms with van der Waals surface area (Å²) < 4.78 is 219. The molecule has 10 aromatic rings. The van der Waals surface area contributed by atoms with Crippen molar-refractivity contribution in [1.29, 1.82) is 0 Å². The number of hydrogen-bond acceptors (Lipinski definition) is 40. The Morgan fingerprint density at radius 1 is 0.373 bits per heavy atom. The van der Waals surface area contributed by atoms with Gasteiger partial charge in [-0.25, -0.2) is 50.5 Å². The summed E-state index contributed by atoms with van der Waals surface area (Å²) in [6.45, 7) is 0. The number of benzene rings is 6. The number of aromatic carboxylic acids is 2. The number of nitrogens with one attached hydrogen (secondary N) is 4.